The molecule has 0 bridgehead atoms. The average molecular weight is 328 g/mol. The van der Waals surface area contributed by atoms with Gasteiger partial charge in [-0.1, -0.05) is 33.1 Å². The number of nitrogen functional groups attached to an aromatic ring is 1. The summed E-state index contributed by atoms with van der Waals surface area (Å²) in [6.45, 7) is 4.47. The van der Waals surface area contributed by atoms with Crippen molar-refractivity contribution >= 4 is 29.5 Å². The molecule has 1 fully saturated rings. The molecule has 0 aliphatic heterocycles. The highest BCUT2D eigenvalue weighted by molar-refractivity contribution is 8.03. The predicted molar refractivity (Wildman–Crippen MR) is 93.9 cm³/mol. The topological polar surface area (TPSA) is 60.9 Å². The molecule has 2 unspecified atom stereocenters. The van der Waals surface area contributed by atoms with Gasteiger partial charge in [0, 0.05) is 21.9 Å². The standard InChI is InChI=1S/C15H25N3OS2/c1-3-13(11(2)20-12-7-5-4-6-8-12)21-18-10-9-14(16)17-15(18)19/h9-13H,3-8H2,1-2H3,(H2,16,17,19). The lowest BCUT2D eigenvalue weighted by Gasteiger charge is -2.28. The molecule has 2 N–H and O–H groups in total. The molecule has 118 valence electrons. The first-order chi connectivity index (χ1) is 10.1. The van der Waals surface area contributed by atoms with Gasteiger partial charge < -0.3 is 5.73 Å². The Bertz CT molecular complexity index is 500. The van der Waals surface area contributed by atoms with Crippen LogP contribution in [-0.4, -0.2) is 24.7 Å². The number of hydrogen-bond acceptors (Lipinski definition) is 5. The average Bonchev–Trinajstić information content (AvgIpc) is 2.47. The Morgan fingerprint density at radius 2 is 2.14 bits per heavy atom. The number of hydrogen-bond donors (Lipinski definition) is 1. The maximum absolute atomic E-state index is 11.8. The van der Waals surface area contributed by atoms with Crippen molar-refractivity contribution in [3.8, 4) is 0 Å². The molecule has 0 aromatic carbocycles. The van der Waals surface area contributed by atoms with E-state index in [1.807, 2.05) is 0 Å². The van der Waals surface area contributed by atoms with E-state index < -0.39 is 0 Å². The molecule has 1 aliphatic rings. The summed E-state index contributed by atoms with van der Waals surface area (Å²) in [7, 11) is 0. The lowest BCUT2D eigenvalue weighted by atomic mass is 10.0. The SMILES string of the molecule is CCC(Sn1ccc(N)nc1=O)C(C)SC1CCCCC1. The second-order valence-corrected chi connectivity index (χ2v) is 8.51. The van der Waals surface area contributed by atoms with Crippen molar-refractivity contribution < 1.29 is 0 Å². The summed E-state index contributed by atoms with van der Waals surface area (Å²) in [5.41, 5.74) is 5.27. The third-order valence-electron chi connectivity index (χ3n) is 3.93. The van der Waals surface area contributed by atoms with Gasteiger partial charge in [0.25, 0.3) is 0 Å². The molecule has 0 radical (unpaired) electrons. The van der Waals surface area contributed by atoms with Crippen LogP contribution in [0.2, 0.25) is 0 Å². The molecule has 6 heteroatoms. The molecule has 21 heavy (non-hydrogen) atoms. The number of rotatable bonds is 6. The Morgan fingerprint density at radius 1 is 1.43 bits per heavy atom. The third-order valence-corrected chi connectivity index (χ3v) is 7.23. The number of thioether (sulfide) groups is 1. The van der Waals surface area contributed by atoms with E-state index in [1.165, 1.54) is 32.1 Å². The van der Waals surface area contributed by atoms with Gasteiger partial charge in [0.2, 0.25) is 0 Å². The Balaban J connectivity index is 1.96. The van der Waals surface area contributed by atoms with Crippen LogP contribution >= 0.6 is 23.7 Å². The molecule has 0 saturated heterocycles. The Morgan fingerprint density at radius 3 is 2.76 bits per heavy atom. The van der Waals surface area contributed by atoms with Crippen LogP contribution in [0.15, 0.2) is 17.1 Å². The Hall–Kier alpha value is -0.620. The lowest BCUT2D eigenvalue weighted by Crippen LogP contribution is -2.26. The second kappa shape index (κ2) is 8.13. The first-order valence-electron chi connectivity index (χ1n) is 7.78. The molecule has 0 spiro atoms. The van der Waals surface area contributed by atoms with E-state index in [2.05, 4.69) is 30.6 Å². The maximum Gasteiger partial charge on any atom is 0.359 e. The zero-order chi connectivity index (χ0) is 15.2. The van der Waals surface area contributed by atoms with E-state index >= 15 is 0 Å². The van der Waals surface area contributed by atoms with Crippen LogP contribution in [0.4, 0.5) is 5.82 Å². The van der Waals surface area contributed by atoms with Gasteiger partial charge in [-0.3, -0.25) is 0 Å². The van der Waals surface area contributed by atoms with E-state index in [-0.39, 0.29) is 11.5 Å². The molecule has 1 aromatic heterocycles. The van der Waals surface area contributed by atoms with Crippen molar-refractivity contribution in [1.82, 2.24) is 8.96 Å². The van der Waals surface area contributed by atoms with Gasteiger partial charge in [-0.25, -0.2) is 8.77 Å². The minimum Gasteiger partial charge on any atom is -0.383 e. The molecule has 1 aromatic rings. The fraction of sp³-hybridized carbons (Fsp3) is 0.733. The largest absolute Gasteiger partial charge is 0.383 e. The van der Waals surface area contributed by atoms with Crippen molar-refractivity contribution in [3.05, 3.63) is 22.7 Å². The highest BCUT2D eigenvalue weighted by Gasteiger charge is 2.23. The molecular weight excluding hydrogens is 302 g/mol. The quantitative estimate of drug-likeness (QED) is 0.865. The molecule has 2 atom stereocenters. The van der Waals surface area contributed by atoms with Gasteiger partial charge in [-0.2, -0.15) is 16.7 Å². The molecule has 4 nitrogen and oxygen atoms in total. The van der Waals surface area contributed by atoms with Gasteiger partial charge in [0.15, 0.2) is 0 Å². The summed E-state index contributed by atoms with van der Waals surface area (Å²) in [5, 5.41) is 1.75. The fourth-order valence-corrected chi connectivity index (χ4v) is 5.51. The van der Waals surface area contributed by atoms with Crippen molar-refractivity contribution in [2.24, 2.45) is 0 Å². The highest BCUT2D eigenvalue weighted by atomic mass is 32.2. The van der Waals surface area contributed by atoms with Crippen LogP contribution in [-0.2, 0) is 0 Å². The van der Waals surface area contributed by atoms with Gasteiger partial charge in [0.05, 0.1) is 0 Å². The van der Waals surface area contributed by atoms with Gasteiger partial charge in [-0.05, 0) is 37.3 Å². The summed E-state index contributed by atoms with van der Waals surface area (Å²) >= 11 is 3.69. The summed E-state index contributed by atoms with van der Waals surface area (Å²) in [6, 6.07) is 1.68. The summed E-state index contributed by atoms with van der Waals surface area (Å²) < 4.78 is 1.61. The molecular formula is C15H25N3OS2. The monoisotopic (exact) mass is 327 g/mol. The van der Waals surface area contributed by atoms with Crippen LogP contribution in [0, 0.1) is 0 Å². The summed E-state index contributed by atoms with van der Waals surface area (Å²) in [5.74, 6) is 0.287. The van der Waals surface area contributed by atoms with E-state index in [1.54, 1.807) is 28.2 Å². The van der Waals surface area contributed by atoms with Crippen molar-refractivity contribution in [3.63, 3.8) is 0 Å². The lowest BCUT2D eigenvalue weighted by molar-refractivity contribution is 0.514. The van der Waals surface area contributed by atoms with Crippen molar-refractivity contribution in [2.45, 2.75) is 68.1 Å². The summed E-state index contributed by atoms with van der Waals surface area (Å²) in [6.07, 6.45) is 9.60. The van der Waals surface area contributed by atoms with Crippen LogP contribution in [0.5, 0.6) is 0 Å². The van der Waals surface area contributed by atoms with E-state index in [9.17, 15) is 4.79 Å². The number of aromatic nitrogens is 2. The number of anilines is 1. The van der Waals surface area contributed by atoms with Gasteiger partial charge in [-0.15, -0.1) is 0 Å². The van der Waals surface area contributed by atoms with Crippen molar-refractivity contribution in [2.75, 3.05) is 5.73 Å². The first kappa shape index (κ1) is 16.7. The molecule has 0 amide bonds. The highest BCUT2D eigenvalue weighted by Crippen LogP contribution is 2.35. The van der Waals surface area contributed by atoms with Crippen LogP contribution in [0.3, 0.4) is 0 Å². The zero-order valence-electron chi connectivity index (χ0n) is 12.8. The van der Waals surface area contributed by atoms with Crippen LogP contribution in [0.25, 0.3) is 0 Å². The molecule has 2 rings (SSSR count). The second-order valence-electron chi connectivity index (χ2n) is 5.61. The molecule has 1 aliphatic carbocycles. The number of nitrogens with zero attached hydrogens (tertiary/aromatic N) is 2. The van der Waals surface area contributed by atoms with Crippen LogP contribution < -0.4 is 11.4 Å². The van der Waals surface area contributed by atoms with Gasteiger partial charge >= 0.3 is 5.69 Å². The maximum atomic E-state index is 11.8. The zero-order valence-corrected chi connectivity index (χ0v) is 14.5. The van der Waals surface area contributed by atoms with E-state index in [0.717, 1.165) is 11.7 Å². The predicted octanol–water partition coefficient (Wildman–Crippen LogP) is 3.55. The molecule has 1 heterocycles. The Kier molecular flexibility index (Phi) is 6.48. The van der Waals surface area contributed by atoms with Crippen molar-refractivity contribution in [1.29, 1.82) is 0 Å². The smallest absolute Gasteiger partial charge is 0.359 e. The normalized spacial score (nSPS) is 19.3. The number of nitrogens with two attached hydrogens (primary N) is 1. The first-order valence-corrected chi connectivity index (χ1v) is 9.56. The van der Waals surface area contributed by atoms with E-state index in [0.29, 0.717) is 10.5 Å². The third kappa shape index (κ3) is 4.95. The fourth-order valence-electron chi connectivity index (χ4n) is 2.72. The summed E-state index contributed by atoms with van der Waals surface area (Å²) in [4.78, 5) is 15.6. The van der Waals surface area contributed by atoms with E-state index in [4.69, 9.17) is 5.73 Å². The Labute approximate surface area is 135 Å². The minimum atomic E-state index is -0.270. The van der Waals surface area contributed by atoms with Gasteiger partial charge in [0.1, 0.15) is 5.82 Å². The molecule has 1 saturated carbocycles. The van der Waals surface area contributed by atoms with Crippen LogP contribution in [0.1, 0.15) is 52.4 Å². The minimum absolute atomic E-state index is 0.270.